The average molecular weight is 420 g/mol. The number of carbonyl (C=O) groups is 2. The van der Waals surface area contributed by atoms with Gasteiger partial charge >= 0.3 is 0 Å². The Hall–Kier alpha value is -3.67. The summed E-state index contributed by atoms with van der Waals surface area (Å²) in [6, 6.07) is 22.5. The quantitative estimate of drug-likeness (QED) is 0.532. The first-order chi connectivity index (χ1) is 15.1. The summed E-state index contributed by atoms with van der Waals surface area (Å²) in [6.07, 6.45) is 0.146. The zero-order valence-electron chi connectivity index (χ0n) is 17.3. The van der Waals surface area contributed by atoms with Crippen LogP contribution in [-0.2, 0) is 11.2 Å². The van der Waals surface area contributed by atoms with E-state index in [1.807, 2.05) is 30.3 Å². The Morgan fingerprint density at radius 2 is 1.61 bits per heavy atom. The molecule has 2 N–H and O–H groups in total. The highest BCUT2D eigenvalue weighted by Gasteiger charge is 2.22. The van der Waals surface area contributed by atoms with Gasteiger partial charge in [-0.05, 0) is 42.7 Å². The maximum absolute atomic E-state index is 13.9. The van der Waals surface area contributed by atoms with E-state index in [0.29, 0.717) is 30.6 Å². The van der Waals surface area contributed by atoms with Gasteiger partial charge in [-0.25, -0.2) is 4.39 Å². The lowest BCUT2D eigenvalue weighted by atomic mass is 10.1. The number of anilines is 1. The van der Waals surface area contributed by atoms with Crippen LogP contribution in [0.4, 0.5) is 10.1 Å². The van der Waals surface area contributed by atoms with Crippen molar-refractivity contribution in [2.75, 3.05) is 11.9 Å². The molecule has 0 fully saturated rings. The van der Waals surface area contributed by atoms with Gasteiger partial charge in [-0.3, -0.25) is 9.59 Å². The van der Waals surface area contributed by atoms with Crippen molar-refractivity contribution in [2.24, 2.45) is 0 Å². The van der Waals surface area contributed by atoms with Gasteiger partial charge in [0.25, 0.3) is 11.8 Å². The van der Waals surface area contributed by atoms with E-state index >= 15 is 0 Å². The number of rotatable bonds is 9. The van der Waals surface area contributed by atoms with Crippen LogP contribution < -0.4 is 15.4 Å². The summed E-state index contributed by atoms with van der Waals surface area (Å²) in [7, 11) is 0. The fourth-order valence-electron chi connectivity index (χ4n) is 3.08. The molecule has 0 spiro atoms. The summed E-state index contributed by atoms with van der Waals surface area (Å²) < 4.78 is 19.4. The minimum absolute atomic E-state index is 0.0106. The molecule has 5 nitrogen and oxygen atoms in total. The normalized spacial score (nSPS) is 11.4. The molecule has 6 heteroatoms. The molecule has 0 unspecified atom stereocenters. The van der Waals surface area contributed by atoms with Crippen LogP contribution >= 0.6 is 0 Å². The first-order valence-electron chi connectivity index (χ1n) is 10.2. The Morgan fingerprint density at radius 3 is 2.35 bits per heavy atom. The fourth-order valence-corrected chi connectivity index (χ4v) is 3.08. The molecule has 3 rings (SSSR count). The third-order valence-electron chi connectivity index (χ3n) is 4.74. The van der Waals surface area contributed by atoms with Crippen molar-refractivity contribution in [1.82, 2.24) is 5.32 Å². The van der Waals surface area contributed by atoms with Crippen molar-refractivity contribution in [2.45, 2.75) is 25.9 Å². The largest absolute Gasteiger partial charge is 0.478 e. The van der Waals surface area contributed by atoms with Crippen LogP contribution in [0.1, 0.15) is 29.3 Å². The molecule has 0 aliphatic rings. The van der Waals surface area contributed by atoms with Gasteiger partial charge in [-0.1, -0.05) is 61.5 Å². The number of carbonyl (C=O) groups excluding carboxylic acids is 2. The summed E-state index contributed by atoms with van der Waals surface area (Å²) in [4.78, 5) is 25.4. The standard InChI is InChI=1S/C25H25FN2O3/c1-2-22(31-23-15-9-7-13-20(23)26)25(30)28-21-14-8-6-12-19(21)24(29)27-17-16-18-10-4-3-5-11-18/h3-15,22H,2,16-17H2,1H3,(H,27,29)(H,28,30)/t22-/m0/s1. The molecule has 160 valence electrons. The van der Waals surface area contributed by atoms with Crippen molar-refractivity contribution >= 4 is 17.5 Å². The summed E-state index contributed by atoms with van der Waals surface area (Å²) in [5.41, 5.74) is 1.85. The molecule has 0 bridgehead atoms. The van der Waals surface area contributed by atoms with Crippen LogP contribution in [0.2, 0.25) is 0 Å². The van der Waals surface area contributed by atoms with E-state index in [4.69, 9.17) is 4.74 Å². The Balaban J connectivity index is 1.64. The number of para-hydroxylation sites is 2. The summed E-state index contributed by atoms with van der Waals surface area (Å²) in [6.45, 7) is 2.24. The van der Waals surface area contributed by atoms with E-state index in [0.717, 1.165) is 5.56 Å². The van der Waals surface area contributed by atoms with E-state index in [-0.39, 0.29) is 11.7 Å². The van der Waals surface area contributed by atoms with Crippen LogP contribution in [0.5, 0.6) is 5.75 Å². The molecular weight excluding hydrogens is 395 g/mol. The average Bonchev–Trinajstić information content (AvgIpc) is 2.79. The molecule has 0 aromatic heterocycles. The molecule has 0 radical (unpaired) electrons. The second-order valence-corrected chi connectivity index (χ2v) is 6.97. The van der Waals surface area contributed by atoms with Crippen molar-refractivity contribution in [3.63, 3.8) is 0 Å². The van der Waals surface area contributed by atoms with E-state index in [1.165, 1.54) is 12.1 Å². The van der Waals surface area contributed by atoms with E-state index < -0.39 is 17.8 Å². The lowest BCUT2D eigenvalue weighted by Crippen LogP contribution is -2.34. The molecule has 0 saturated heterocycles. The van der Waals surface area contributed by atoms with Gasteiger partial charge in [0.15, 0.2) is 17.7 Å². The molecule has 3 aromatic rings. The first kappa shape index (κ1) is 22.0. The fraction of sp³-hybridized carbons (Fsp3) is 0.200. The molecule has 31 heavy (non-hydrogen) atoms. The van der Waals surface area contributed by atoms with Gasteiger partial charge in [0.05, 0.1) is 11.3 Å². The summed E-state index contributed by atoms with van der Waals surface area (Å²) in [5.74, 6) is -1.26. The second kappa shape index (κ2) is 10.9. The number of hydrogen-bond donors (Lipinski definition) is 2. The van der Waals surface area contributed by atoms with Gasteiger partial charge in [-0.2, -0.15) is 0 Å². The van der Waals surface area contributed by atoms with Gasteiger partial charge in [-0.15, -0.1) is 0 Å². The van der Waals surface area contributed by atoms with Crippen molar-refractivity contribution < 1.29 is 18.7 Å². The van der Waals surface area contributed by atoms with Crippen LogP contribution in [-0.4, -0.2) is 24.5 Å². The molecule has 0 aliphatic carbocycles. The van der Waals surface area contributed by atoms with E-state index in [2.05, 4.69) is 10.6 Å². The molecule has 1 atom stereocenters. The zero-order valence-corrected chi connectivity index (χ0v) is 17.3. The van der Waals surface area contributed by atoms with Crippen molar-refractivity contribution in [1.29, 1.82) is 0 Å². The highest BCUT2D eigenvalue weighted by atomic mass is 19.1. The maximum Gasteiger partial charge on any atom is 0.265 e. The SMILES string of the molecule is CC[C@H](Oc1ccccc1F)C(=O)Nc1ccccc1C(=O)NCCc1ccccc1. The number of ether oxygens (including phenoxy) is 1. The monoisotopic (exact) mass is 420 g/mol. The number of benzene rings is 3. The van der Waals surface area contributed by atoms with Gasteiger partial charge in [0.2, 0.25) is 0 Å². The summed E-state index contributed by atoms with van der Waals surface area (Å²) >= 11 is 0. The molecule has 0 aliphatic heterocycles. The molecule has 0 saturated carbocycles. The van der Waals surface area contributed by atoms with Crippen LogP contribution in [0.25, 0.3) is 0 Å². The molecule has 3 aromatic carbocycles. The van der Waals surface area contributed by atoms with E-state index in [1.54, 1.807) is 43.3 Å². The minimum Gasteiger partial charge on any atom is -0.478 e. The highest BCUT2D eigenvalue weighted by molar-refractivity contribution is 6.04. The number of hydrogen-bond acceptors (Lipinski definition) is 3. The van der Waals surface area contributed by atoms with Crippen LogP contribution in [0.3, 0.4) is 0 Å². The first-order valence-corrected chi connectivity index (χ1v) is 10.2. The minimum atomic E-state index is -0.897. The van der Waals surface area contributed by atoms with Crippen LogP contribution in [0, 0.1) is 5.82 Å². The lowest BCUT2D eigenvalue weighted by molar-refractivity contribution is -0.122. The highest BCUT2D eigenvalue weighted by Crippen LogP contribution is 2.20. The smallest absolute Gasteiger partial charge is 0.265 e. The van der Waals surface area contributed by atoms with E-state index in [9.17, 15) is 14.0 Å². The Kier molecular flexibility index (Phi) is 7.76. The summed E-state index contributed by atoms with van der Waals surface area (Å²) in [5, 5.41) is 5.62. The zero-order chi connectivity index (χ0) is 22.1. The predicted octanol–water partition coefficient (Wildman–Crippen LogP) is 4.59. The molecular formula is C25H25FN2O3. The Bertz CT molecular complexity index is 1020. The van der Waals surface area contributed by atoms with Gasteiger partial charge < -0.3 is 15.4 Å². The maximum atomic E-state index is 13.9. The van der Waals surface area contributed by atoms with Crippen molar-refractivity contribution in [3.8, 4) is 5.75 Å². The number of amides is 2. The lowest BCUT2D eigenvalue weighted by Gasteiger charge is -2.18. The third-order valence-corrected chi connectivity index (χ3v) is 4.74. The third kappa shape index (κ3) is 6.15. The molecule has 0 heterocycles. The van der Waals surface area contributed by atoms with Gasteiger partial charge in [0, 0.05) is 6.54 Å². The van der Waals surface area contributed by atoms with Crippen LogP contribution in [0.15, 0.2) is 78.9 Å². The Morgan fingerprint density at radius 1 is 0.935 bits per heavy atom. The predicted molar refractivity (Wildman–Crippen MR) is 119 cm³/mol. The second-order valence-electron chi connectivity index (χ2n) is 6.97. The molecule has 2 amide bonds. The van der Waals surface area contributed by atoms with Crippen molar-refractivity contribution in [3.05, 3.63) is 95.8 Å². The number of halogens is 1. The van der Waals surface area contributed by atoms with Gasteiger partial charge in [0.1, 0.15) is 0 Å². The number of nitrogens with one attached hydrogen (secondary N) is 2. The Labute approximate surface area is 181 Å². The topological polar surface area (TPSA) is 67.4 Å².